The molecule has 0 aliphatic carbocycles. The van der Waals surface area contributed by atoms with Crippen molar-refractivity contribution in [1.29, 1.82) is 0 Å². The van der Waals surface area contributed by atoms with E-state index in [4.69, 9.17) is 9.47 Å². The Morgan fingerprint density at radius 3 is 2.96 bits per heavy atom. The predicted octanol–water partition coefficient (Wildman–Crippen LogP) is 3.79. The average molecular weight is 373 g/mol. The highest BCUT2D eigenvalue weighted by Gasteiger charge is 2.30. The molecule has 4 heterocycles. The Bertz CT molecular complexity index is 931. The van der Waals surface area contributed by atoms with Gasteiger partial charge in [-0.3, -0.25) is 0 Å². The van der Waals surface area contributed by atoms with Crippen LogP contribution in [0, 0.1) is 0 Å². The van der Waals surface area contributed by atoms with Crippen molar-refractivity contribution in [2.24, 2.45) is 0 Å². The van der Waals surface area contributed by atoms with Gasteiger partial charge in [-0.15, -0.1) is 23.1 Å². The molecule has 0 unspecified atom stereocenters. The van der Waals surface area contributed by atoms with Crippen LogP contribution in [0.2, 0.25) is 0 Å². The average Bonchev–Trinajstić information content (AvgIpc) is 3.26. The summed E-state index contributed by atoms with van der Waals surface area (Å²) in [5, 5.41) is 6.62. The van der Waals surface area contributed by atoms with Crippen molar-refractivity contribution in [3.63, 3.8) is 0 Å². The van der Waals surface area contributed by atoms with Crippen molar-refractivity contribution in [2.75, 3.05) is 13.7 Å². The van der Waals surface area contributed by atoms with Crippen molar-refractivity contribution in [3.8, 4) is 22.8 Å². The lowest BCUT2D eigenvalue weighted by Gasteiger charge is -2.14. The van der Waals surface area contributed by atoms with E-state index >= 15 is 0 Å². The van der Waals surface area contributed by atoms with E-state index in [1.807, 2.05) is 6.07 Å². The molecule has 8 heteroatoms. The molecular weight excluding hydrogens is 358 g/mol. The van der Waals surface area contributed by atoms with Gasteiger partial charge in [-0.25, -0.2) is 14.5 Å². The maximum atomic E-state index is 12.4. The molecule has 6 nitrogen and oxygen atoms in total. The van der Waals surface area contributed by atoms with Crippen LogP contribution in [0.25, 0.3) is 16.9 Å². The molecule has 1 aliphatic heterocycles. The molecule has 0 N–H and O–H groups in total. The second kappa shape index (κ2) is 6.53. The Morgan fingerprint density at radius 1 is 1.36 bits per heavy atom. The van der Waals surface area contributed by atoms with E-state index in [2.05, 4.69) is 21.5 Å². The zero-order valence-corrected chi connectivity index (χ0v) is 15.3. The summed E-state index contributed by atoms with van der Waals surface area (Å²) < 4.78 is 13.3. The Morgan fingerprint density at radius 2 is 2.24 bits per heavy atom. The van der Waals surface area contributed by atoms with Gasteiger partial charge in [-0.1, -0.05) is 0 Å². The fraction of sp³-hybridized carbons (Fsp3) is 0.235. The smallest absolute Gasteiger partial charge is 0.359 e. The first kappa shape index (κ1) is 16.2. The van der Waals surface area contributed by atoms with E-state index in [0.717, 1.165) is 22.5 Å². The van der Waals surface area contributed by atoms with Gasteiger partial charge in [0.05, 0.1) is 35.5 Å². The van der Waals surface area contributed by atoms with Gasteiger partial charge in [0.2, 0.25) is 5.88 Å². The van der Waals surface area contributed by atoms with E-state index in [1.54, 1.807) is 54.1 Å². The summed E-state index contributed by atoms with van der Waals surface area (Å²) in [6, 6.07) is 5.72. The number of carbonyl (C=O) groups is 1. The Balaban J connectivity index is 1.90. The number of hydrogen-bond acceptors (Lipinski definition) is 7. The number of hydrogen-bond donors (Lipinski definition) is 0. The number of thioether (sulfide) groups is 1. The van der Waals surface area contributed by atoms with Gasteiger partial charge in [0.15, 0.2) is 5.69 Å². The summed E-state index contributed by atoms with van der Waals surface area (Å²) in [4.78, 5) is 16.6. The molecule has 0 atom stereocenters. The fourth-order valence-corrected chi connectivity index (χ4v) is 4.86. The third kappa shape index (κ3) is 2.71. The number of pyridine rings is 1. The van der Waals surface area contributed by atoms with Gasteiger partial charge in [-0.05, 0) is 24.4 Å². The van der Waals surface area contributed by atoms with Crippen LogP contribution in [0.15, 0.2) is 34.0 Å². The zero-order chi connectivity index (χ0) is 17.4. The molecule has 3 aromatic rings. The van der Waals surface area contributed by atoms with E-state index in [1.165, 1.54) is 4.21 Å². The summed E-state index contributed by atoms with van der Waals surface area (Å²) in [6.45, 7) is 2.11. The summed E-state index contributed by atoms with van der Waals surface area (Å²) >= 11 is 3.42. The standard InChI is InChI=1S/C17H15N3O3S2/c1-3-23-16(21)14-12-9-25-17-11(6-7-24-17)15(12)20(19-14)10-4-5-13(22-2)18-8-10/h4-8H,3,9H2,1-2H3. The number of rotatable bonds is 4. The van der Waals surface area contributed by atoms with Gasteiger partial charge in [-0.2, -0.15) is 5.10 Å². The number of thiophene rings is 1. The SMILES string of the molecule is CCOC(=O)c1nn(-c2ccc(OC)nc2)c2c1CSc1sccc1-2. The number of nitrogens with zero attached hydrogens (tertiary/aromatic N) is 3. The van der Waals surface area contributed by atoms with Gasteiger partial charge in [0, 0.05) is 22.9 Å². The molecule has 25 heavy (non-hydrogen) atoms. The number of methoxy groups -OCH3 is 1. The lowest BCUT2D eigenvalue weighted by atomic mass is 10.1. The molecule has 0 amide bonds. The minimum Gasteiger partial charge on any atom is -0.481 e. The Labute approximate surface area is 152 Å². The topological polar surface area (TPSA) is 66.2 Å². The normalized spacial score (nSPS) is 12.4. The monoisotopic (exact) mass is 373 g/mol. The summed E-state index contributed by atoms with van der Waals surface area (Å²) in [6.07, 6.45) is 1.69. The maximum Gasteiger partial charge on any atom is 0.359 e. The van der Waals surface area contributed by atoms with E-state index < -0.39 is 5.97 Å². The summed E-state index contributed by atoms with van der Waals surface area (Å²) in [5.41, 5.74) is 4.08. The van der Waals surface area contributed by atoms with Gasteiger partial charge >= 0.3 is 5.97 Å². The minimum atomic E-state index is -0.391. The highest BCUT2D eigenvalue weighted by atomic mass is 32.2. The van der Waals surface area contributed by atoms with Crippen LogP contribution in [0.4, 0.5) is 0 Å². The van der Waals surface area contributed by atoms with Gasteiger partial charge in [0.1, 0.15) is 0 Å². The molecule has 0 aromatic carbocycles. The molecular formula is C17H15N3O3S2. The van der Waals surface area contributed by atoms with E-state index in [0.29, 0.717) is 23.9 Å². The maximum absolute atomic E-state index is 12.4. The van der Waals surface area contributed by atoms with Crippen LogP contribution in [-0.4, -0.2) is 34.5 Å². The molecule has 0 fully saturated rings. The molecule has 128 valence electrons. The third-order valence-electron chi connectivity index (χ3n) is 3.86. The van der Waals surface area contributed by atoms with Crippen LogP contribution in [0.3, 0.4) is 0 Å². The van der Waals surface area contributed by atoms with Crippen molar-refractivity contribution in [3.05, 3.63) is 41.0 Å². The second-order valence-electron chi connectivity index (χ2n) is 5.28. The molecule has 3 aromatic heterocycles. The van der Waals surface area contributed by atoms with Crippen molar-refractivity contribution < 1.29 is 14.3 Å². The molecule has 4 rings (SSSR count). The van der Waals surface area contributed by atoms with Crippen molar-refractivity contribution >= 4 is 29.1 Å². The number of aromatic nitrogens is 3. The number of fused-ring (bicyclic) bond motifs is 3. The van der Waals surface area contributed by atoms with Crippen LogP contribution in [0.5, 0.6) is 5.88 Å². The van der Waals surface area contributed by atoms with Crippen molar-refractivity contribution in [1.82, 2.24) is 14.8 Å². The number of esters is 1. The van der Waals surface area contributed by atoms with E-state index in [9.17, 15) is 4.79 Å². The molecule has 0 radical (unpaired) electrons. The Hall–Kier alpha value is -2.32. The van der Waals surface area contributed by atoms with Crippen LogP contribution >= 0.6 is 23.1 Å². The summed E-state index contributed by atoms with van der Waals surface area (Å²) in [5.74, 6) is 0.834. The first-order chi connectivity index (χ1) is 12.2. The predicted molar refractivity (Wildman–Crippen MR) is 96.7 cm³/mol. The van der Waals surface area contributed by atoms with Crippen molar-refractivity contribution in [2.45, 2.75) is 16.9 Å². The first-order valence-electron chi connectivity index (χ1n) is 7.73. The lowest BCUT2D eigenvalue weighted by molar-refractivity contribution is 0.0518. The number of carbonyl (C=O) groups excluding carboxylic acids is 1. The largest absolute Gasteiger partial charge is 0.481 e. The van der Waals surface area contributed by atoms with Gasteiger partial charge < -0.3 is 9.47 Å². The highest BCUT2D eigenvalue weighted by molar-refractivity contribution is 8.00. The molecule has 0 spiro atoms. The second-order valence-corrected chi connectivity index (χ2v) is 7.44. The Kier molecular flexibility index (Phi) is 4.22. The lowest BCUT2D eigenvalue weighted by Crippen LogP contribution is -2.08. The number of ether oxygens (including phenoxy) is 2. The van der Waals surface area contributed by atoms with E-state index in [-0.39, 0.29) is 0 Å². The third-order valence-corrected chi connectivity index (χ3v) is 6.12. The minimum absolute atomic E-state index is 0.321. The van der Waals surface area contributed by atoms with Gasteiger partial charge in [0.25, 0.3) is 0 Å². The highest BCUT2D eigenvalue weighted by Crippen LogP contribution is 2.46. The molecule has 0 bridgehead atoms. The van der Waals surface area contributed by atoms with Crippen LogP contribution < -0.4 is 4.74 Å². The first-order valence-corrected chi connectivity index (χ1v) is 9.59. The van der Waals surface area contributed by atoms with Crippen LogP contribution in [0.1, 0.15) is 23.0 Å². The fourth-order valence-electron chi connectivity index (χ4n) is 2.75. The molecule has 0 saturated carbocycles. The molecule has 1 aliphatic rings. The molecule has 0 saturated heterocycles. The summed E-state index contributed by atoms with van der Waals surface area (Å²) in [7, 11) is 1.57. The van der Waals surface area contributed by atoms with Crippen LogP contribution in [-0.2, 0) is 10.5 Å². The zero-order valence-electron chi connectivity index (χ0n) is 13.7. The quantitative estimate of drug-likeness (QED) is 0.648.